The number of methoxy groups -OCH3 is 1. The highest BCUT2D eigenvalue weighted by atomic mass is 16.5. The van der Waals surface area contributed by atoms with Crippen molar-refractivity contribution in [3.63, 3.8) is 0 Å². The van der Waals surface area contributed by atoms with Gasteiger partial charge in [0, 0.05) is 6.04 Å². The number of benzene rings is 1. The second-order valence-electron chi connectivity index (χ2n) is 3.87. The second kappa shape index (κ2) is 6.28. The van der Waals surface area contributed by atoms with E-state index in [1.807, 2.05) is 18.2 Å². The molecule has 3 nitrogen and oxygen atoms in total. The average molecular weight is 221 g/mol. The number of nitrogens with two attached hydrogens (primary N) is 1. The van der Waals surface area contributed by atoms with Crippen molar-refractivity contribution in [2.75, 3.05) is 7.11 Å². The highest BCUT2D eigenvalue weighted by Crippen LogP contribution is 2.18. The first-order chi connectivity index (χ1) is 7.69. The predicted molar refractivity (Wildman–Crippen MR) is 64.2 cm³/mol. The summed E-state index contributed by atoms with van der Waals surface area (Å²) < 4.78 is 4.67. The van der Waals surface area contributed by atoms with Gasteiger partial charge >= 0.3 is 5.97 Å². The van der Waals surface area contributed by atoms with Gasteiger partial charge in [-0.15, -0.1) is 0 Å². The van der Waals surface area contributed by atoms with Gasteiger partial charge in [0.15, 0.2) is 0 Å². The summed E-state index contributed by atoms with van der Waals surface area (Å²) >= 11 is 0. The molecule has 0 unspecified atom stereocenters. The number of unbranched alkanes of at least 4 members (excludes halogenated alkanes) is 1. The molecule has 1 aromatic carbocycles. The number of hydrogen-bond acceptors (Lipinski definition) is 3. The Labute approximate surface area is 96.6 Å². The predicted octanol–water partition coefficient (Wildman–Crippen LogP) is 2.66. The number of hydrogen-bond donors (Lipinski definition) is 1. The Morgan fingerprint density at radius 1 is 1.50 bits per heavy atom. The maximum absolute atomic E-state index is 11.3. The summed E-state index contributed by atoms with van der Waals surface area (Å²) in [6.45, 7) is 2.14. The van der Waals surface area contributed by atoms with Crippen LogP contribution in [-0.2, 0) is 4.74 Å². The SMILES string of the molecule is CCCC[C@H](N)c1cccc(C(=O)OC)c1. The molecule has 2 N–H and O–H groups in total. The van der Waals surface area contributed by atoms with Crippen molar-refractivity contribution in [1.82, 2.24) is 0 Å². The molecule has 3 heteroatoms. The Kier molecular flexibility index (Phi) is 4.99. The van der Waals surface area contributed by atoms with Gasteiger partial charge in [0.25, 0.3) is 0 Å². The lowest BCUT2D eigenvalue weighted by Crippen LogP contribution is -2.11. The molecule has 0 saturated carbocycles. The van der Waals surface area contributed by atoms with E-state index in [1.54, 1.807) is 6.07 Å². The zero-order valence-electron chi connectivity index (χ0n) is 9.90. The van der Waals surface area contributed by atoms with Crippen LogP contribution in [0.5, 0.6) is 0 Å². The third-order valence-electron chi connectivity index (χ3n) is 2.60. The van der Waals surface area contributed by atoms with Gasteiger partial charge < -0.3 is 10.5 Å². The lowest BCUT2D eigenvalue weighted by Gasteiger charge is -2.12. The monoisotopic (exact) mass is 221 g/mol. The summed E-state index contributed by atoms with van der Waals surface area (Å²) in [7, 11) is 1.38. The van der Waals surface area contributed by atoms with E-state index in [-0.39, 0.29) is 12.0 Å². The molecule has 0 radical (unpaired) electrons. The molecule has 88 valence electrons. The van der Waals surface area contributed by atoms with E-state index < -0.39 is 0 Å². The van der Waals surface area contributed by atoms with Gasteiger partial charge in [-0.05, 0) is 24.1 Å². The fraction of sp³-hybridized carbons (Fsp3) is 0.462. The van der Waals surface area contributed by atoms with Crippen LogP contribution in [0.4, 0.5) is 0 Å². The Morgan fingerprint density at radius 2 is 2.25 bits per heavy atom. The smallest absolute Gasteiger partial charge is 0.337 e. The van der Waals surface area contributed by atoms with Crippen LogP contribution in [0.1, 0.15) is 48.1 Å². The summed E-state index contributed by atoms with van der Waals surface area (Å²) in [5.74, 6) is -0.315. The summed E-state index contributed by atoms with van der Waals surface area (Å²) in [5, 5.41) is 0. The average Bonchev–Trinajstić information content (AvgIpc) is 2.35. The van der Waals surface area contributed by atoms with Crippen molar-refractivity contribution in [2.24, 2.45) is 5.73 Å². The maximum Gasteiger partial charge on any atom is 0.337 e. The van der Waals surface area contributed by atoms with Crippen LogP contribution in [0, 0.1) is 0 Å². The van der Waals surface area contributed by atoms with Gasteiger partial charge in [-0.25, -0.2) is 4.79 Å². The topological polar surface area (TPSA) is 52.3 Å². The molecule has 0 amide bonds. The molecule has 0 aliphatic rings. The van der Waals surface area contributed by atoms with Crippen LogP contribution in [-0.4, -0.2) is 13.1 Å². The number of carbonyl (C=O) groups is 1. The molecule has 0 spiro atoms. The van der Waals surface area contributed by atoms with E-state index in [2.05, 4.69) is 11.7 Å². The summed E-state index contributed by atoms with van der Waals surface area (Å²) in [4.78, 5) is 11.3. The highest BCUT2D eigenvalue weighted by molar-refractivity contribution is 5.89. The van der Waals surface area contributed by atoms with Gasteiger partial charge in [0.2, 0.25) is 0 Å². The first-order valence-electron chi connectivity index (χ1n) is 5.63. The van der Waals surface area contributed by atoms with Crippen LogP contribution in [0.2, 0.25) is 0 Å². The summed E-state index contributed by atoms with van der Waals surface area (Å²) in [5.41, 5.74) is 7.60. The minimum Gasteiger partial charge on any atom is -0.465 e. The van der Waals surface area contributed by atoms with Crippen molar-refractivity contribution in [3.05, 3.63) is 35.4 Å². The fourth-order valence-electron chi connectivity index (χ4n) is 1.60. The lowest BCUT2D eigenvalue weighted by molar-refractivity contribution is 0.0600. The Bertz CT molecular complexity index is 350. The van der Waals surface area contributed by atoms with Crippen molar-refractivity contribution < 1.29 is 9.53 Å². The van der Waals surface area contributed by atoms with Crippen molar-refractivity contribution >= 4 is 5.97 Å². The number of rotatable bonds is 5. The van der Waals surface area contributed by atoms with Crippen LogP contribution < -0.4 is 5.73 Å². The standard InChI is InChI=1S/C13H19NO2/c1-3-4-8-12(14)10-6-5-7-11(9-10)13(15)16-2/h5-7,9,12H,3-4,8,14H2,1-2H3/t12-/m0/s1. The highest BCUT2D eigenvalue weighted by Gasteiger charge is 2.09. The van der Waals surface area contributed by atoms with E-state index >= 15 is 0 Å². The summed E-state index contributed by atoms with van der Waals surface area (Å²) in [6.07, 6.45) is 3.18. The van der Waals surface area contributed by atoms with Gasteiger partial charge in [-0.3, -0.25) is 0 Å². The molecule has 0 aromatic heterocycles. The Morgan fingerprint density at radius 3 is 2.88 bits per heavy atom. The van der Waals surface area contributed by atoms with Crippen LogP contribution in [0.3, 0.4) is 0 Å². The van der Waals surface area contributed by atoms with Crippen LogP contribution >= 0.6 is 0 Å². The van der Waals surface area contributed by atoms with E-state index in [0.717, 1.165) is 24.8 Å². The van der Waals surface area contributed by atoms with E-state index in [0.29, 0.717) is 5.56 Å². The number of ether oxygens (including phenoxy) is 1. The molecule has 0 aliphatic heterocycles. The molecule has 16 heavy (non-hydrogen) atoms. The number of carbonyl (C=O) groups excluding carboxylic acids is 1. The normalized spacial score (nSPS) is 12.2. The minimum absolute atomic E-state index is 0.00422. The minimum atomic E-state index is -0.315. The maximum atomic E-state index is 11.3. The largest absolute Gasteiger partial charge is 0.465 e. The zero-order valence-corrected chi connectivity index (χ0v) is 9.90. The van der Waals surface area contributed by atoms with Gasteiger partial charge in [-0.1, -0.05) is 31.9 Å². The fourth-order valence-corrected chi connectivity index (χ4v) is 1.60. The first-order valence-corrected chi connectivity index (χ1v) is 5.63. The zero-order chi connectivity index (χ0) is 12.0. The molecule has 0 heterocycles. The third-order valence-corrected chi connectivity index (χ3v) is 2.60. The second-order valence-corrected chi connectivity index (χ2v) is 3.87. The van der Waals surface area contributed by atoms with E-state index in [9.17, 15) is 4.79 Å². The van der Waals surface area contributed by atoms with Crippen molar-refractivity contribution in [1.29, 1.82) is 0 Å². The molecule has 1 rings (SSSR count). The van der Waals surface area contributed by atoms with Crippen LogP contribution in [0.25, 0.3) is 0 Å². The van der Waals surface area contributed by atoms with E-state index in [4.69, 9.17) is 5.73 Å². The van der Waals surface area contributed by atoms with Gasteiger partial charge in [0.1, 0.15) is 0 Å². The van der Waals surface area contributed by atoms with E-state index in [1.165, 1.54) is 7.11 Å². The molecule has 0 saturated heterocycles. The van der Waals surface area contributed by atoms with Gasteiger partial charge in [-0.2, -0.15) is 0 Å². The molecular weight excluding hydrogens is 202 g/mol. The summed E-state index contributed by atoms with van der Waals surface area (Å²) in [6, 6.07) is 7.35. The quantitative estimate of drug-likeness (QED) is 0.778. The molecular formula is C13H19NO2. The van der Waals surface area contributed by atoms with Crippen LogP contribution in [0.15, 0.2) is 24.3 Å². The molecule has 0 fully saturated rings. The first kappa shape index (κ1) is 12.7. The van der Waals surface area contributed by atoms with Crippen molar-refractivity contribution in [3.8, 4) is 0 Å². The molecule has 1 aromatic rings. The lowest BCUT2D eigenvalue weighted by atomic mass is 10.0. The van der Waals surface area contributed by atoms with Gasteiger partial charge in [0.05, 0.1) is 12.7 Å². The van der Waals surface area contributed by atoms with Crippen molar-refractivity contribution in [2.45, 2.75) is 32.2 Å². The molecule has 1 atom stereocenters. The number of esters is 1. The third kappa shape index (κ3) is 3.35. The molecule has 0 aliphatic carbocycles. The molecule has 0 bridgehead atoms. The Hall–Kier alpha value is -1.35. The Balaban J connectivity index is 2.77.